The van der Waals surface area contributed by atoms with E-state index in [1.54, 1.807) is 27.2 Å². The van der Waals surface area contributed by atoms with E-state index in [2.05, 4.69) is 13.8 Å². The third-order valence-electron chi connectivity index (χ3n) is 5.58. The monoisotopic (exact) mass is 399 g/mol. The fourth-order valence-corrected chi connectivity index (χ4v) is 4.35. The summed E-state index contributed by atoms with van der Waals surface area (Å²) in [6.45, 7) is 8.02. The third-order valence-corrected chi connectivity index (χ3v) is 5.58. The highest BCUT2D eigenvalue weighted by Gasteiger charge is 2.46. The lowest BCUT2D eigenvalue weighted by atomic mass is 9.67. The Morgan fingerprint density at radius 3 is 2.31 bits per heavy atom. The number of hydrogen-bond donors (Lipinski definition) is 0. The van der Waals surface area contributed by atoms with Gasteiger partial charge in [0, 0.05) is 35.4 Å². The summed E-state index contributed by atoms with van der Waals surface area (Å²) >= 11 is 0. The molecule has 1 unspecified atom stereocenters. The van der Waals surface area contributed by atoms with Crippen molar-refractivity contribution in [3.05, 3.63) is 35.0 Å². The number of esters is 1. The third kappa shape index (κ3) is 4.07. The van der Waals surface area contributed by atoms with Gasteiger partial charge >= 0.3 is 5.97 Å². The number of allylic oxidation sites excluding steroid dienone is 2. The number of carbonyl (C=O) groups is 2. The van der Waals surface area contributed by atoms with Gasteiger partial charge < -0.3 is 14.2 Å². The highest BCUT2D eigenvalue weighted by atomic mass is 16.5. The molecule has 0 bridgehead atoms. The van der Waals surface area contributed by atoms with Crippen molar-refractivity contribution in [3.63, 3.8) is 0 Å². The van der Waals surface area contributed by atoms with Gasteiger partial charge in [-0.05, 0) is 43.4 Å². The summed E-state index contributed by atoms with van der Waals surface area (Å²) in [6, 6.07) is 5.49. The van der Waals surface area contributed by atoms with Crippen LogP contribution in [0.25, 0.3) is 0 Å². The molecule has 1 aromatic carbocycles. The summed E-state index contributed by atoms with van der Waals surface area (Å²) < 4.78 is 16.2. The number of nitrogens with zero attached hydrogens (tertiary/aromatic N) is 1. The number of carbonyl (C=O) groups excluding carboxylic acids is 2. The number of Topliss-reactive ketones (excluding diaryl/α,β-unsaturated/α-hetero) is 1. The first kappa shape index (κ1) is 21.1. The van der Waals surface area contributed by atoms with E-state index in [4.69, 9.17) is 19.2 Å². The maximum Gasteiger partial charge on any atom is 0.315 e. The molecule has 2 aliphatic rings. The van der Waals surface area contributed by atoms with Crippen LogP contribution in [0.5, 0.6) is 11.5 Å². The number of benzene rings is 1. The van der Waals surface area contributed by atoms with Crippen LogP contribution in [0.3, 0.4) is 0 Å². The molecule has 1 aromatic rings. The van der Waals surface area contributed by atoms with E-state index in [1.807, 2.05) is 19.1 Å². The molecule has 0 spiro atoms. The van der Waals surface area contributed by atoms with Gasteiger partial charge in [0.05, 0.1) is 20.8 Å². The Kier molecular flexibility index (Phi) is 5.82. The normalized spacial score (nSPS) is 23.2. The molecule has 0 amide bonds. The Balaban J connectivity index is 2.22. The van der Waals surface area contributed by atoms with Gasteiger partial charge in [0.15, 0.2) is 5.78 Å². The predicted octanol–water partition coefficient (Wildman–Crippen LogP) is 4.08. The predicted molar refractivity (Wildman–Crippen MR) is 111 cm³/mol. The first-order valence-electron chi connectivity index (χ1n) is 9.91. The van der Waals surface area contributed by atoms with Gasteiger partial charge in [-0.25, -0.2) is 0 Å². The second-order valence-electron chi connectivity index (χ2n) is 8.41. The second kappa shape index (κ2) is 8.01. The zero-order chi connectivity index (χ0) is 21.3. The number of hydrogen-bond acceptors (Lipinski definition) is 6. The van der Waals surface area contributed by atoms with Crippen LogP contribution in [0.15, 0.2) is 34.5 Å². The second-order valence-corrected chi connectivity index (χ2v) is 8.41. The van der Waals surface area contributed by atoms with Crippen LogP contribution < -0.4 is 9.47 Å². The minimum atomic E-state index is -0.657. The fourth-order valence-electron chi connectivity index (χ4n) is 4.35. The molecule has 156 valence electrons. The zero-order valence-corrected chi connectivity index (χ0v) is 18.0. The number of methoxy groups -OCH3 is 2. The first-order valence-corrected chi connectivity index (χ1v) is 9.91. The van der Waals surface area contributed by atoms with Gasteiger partial charge in [0.2, 0.25) is 0 Å². The highest BCUT2D eigenvalue weighted by Crippen LogP contribution is 2.48. The molecule has 0 fully saturated rings. The maximum atomic E-state index is 13.2. The summed E-state index contributed by atoms with van der Waals surface area (Å²) in [5, 5.41) is 0. The highest BCUT2D eigenvalue weighted by molar-refractivity contribution is 6.09. The van der Waals surface area contributed by atoms with Crippen molar-refractivity contribution in [3.8, 4) is 11.5 Å². The minimum Gasteiger partial charge on any atom is -0.497 e. The number of rotatable bonds is 5. The Morgan fingerprint density at radius 1 is 1.14 bits per heavy atom. The van der Waals surface area contributed by atoms with Crippen LogP contribution in [0.1, 0.15) is 52.0 Å². The standard InChI is InChI=1S/C23H29NO5/c1-7-29-22(26)19-13(2)24-17-11-23(3,4)12-18(25)21(17)20(19)14-8-15(27-5)10-16(9-14)28-6/h8-10,19-20H,7,11-12H2,1-6H3/t19?,20-/m1/s1. The van der Waals surface area contributed by atoms with Gasteiger partial charge in [-0.1, -0.05) is 13.8 Å². The van der Waals surface area contributed by atoms with Gasteiger partial charge in [-0.2, -0.15) is 0 Å². The fraction of sp³-hybridized carbons (Fsp3) is 0.522. The smallest absolute Gasteiger partial charge is 0.315 e. The van der Waals surface area contributed by atoms with Crippen LogP contribution in [0, 0.1) is 11.3 Å². The van der Waals surface area contributed by atoms with E-state index in [1.165, 1.54) is 0 Å². The Morgan fingerprint density at radius 2 is 1.76 bits per heavy atom. The Bertz CT molecular complexity index is 874. The molecule has 6 heteroatoms. The van der Waals surface area contributed by atoms with Gasteiger partial charge in [0.1, 0.15) is 17.4 Å². The summed E-state index contributed by atoms with van der Waals surface area (Å²) in [5.74, 6) is -0.260. The molecule has 6 nitrogen and oxygen atoms in total. The molecule has 1 aliphatic heterocycles. The molecular weight excluding hydrogens is 370 g/mol. The molecule has 2 atom stereocenters. The topological polar surface area (TPSA) is 74.2 Å². The van der Waals surface area contributed by atoms with Crippen molar-refractivity contribution in [2.24, 2.45) is 16.3 Å². The van der Waals surface area contributed by atoms with Crippen molar-refractivity contribution in [1.29, 1.82) is 0 Å². The van der Waals surface area contributed by atoms with E-state index >= 15 is 0 Å². The first-order chi connectivity index (χ1) is 13.7. The van der Waals surface area contributed by atoms with Crippen LogP contribution >= 0.6 is 0 Å². The SMILES string of the molecule is CCOC(=O)C1C(C)=NC2=C(C(=O)CC(C)(C)C2)[C@@H]1c1cc(OC)cc(OC)c1. The Labute approximate surface area is 171 Å². The van der Waals surface area contributed by atoms with E-state index in [0.717, 1.165) is 11.3 Å². The molecule has 0 N–H and O–H groups in total. The molecule has 29 heavy (non-hydrogen) atoms. The molecule has 3 rings (SSSR count). The van der Waals surface area contributed by atoms with Crippen LogP contribution in [-0.2, 0) is 14.3 Å². The maximum absolute atomic E-state index is 13.2. The van der Waals surface area contributed by atoms with Gasteiger partial charge in [-0.15, -0.1) is 0 Å². The van der Waals surface area contributed by atoms with E-state index < -0.39 is 11.8 Å². The molecule has 0 saturated heterocycles. The minimum absolute atomic E-state index is 0.0357. The lowest BCUT2D eigenvalue weighted by Gasteiger charge is -2.39. The summed E-state index contributed by atoms with van der Waals surface area (Å²) in [4.78, 5) is 30.8. The average Bonchev–Trinajstić information content (AvgIpc) is 2.65. The van der Waals surface area contributed by atoms with Crippen LogP contribution in [0.2, 0.25) is 0 Å². The summed E-state index contributed by atoms with van der Waals surface area (Å²) in [5.41, 5.74) is 2.68. The van der Waals surface area contributed by atoms with Gasteiger partial charge in [0.25, 0.3) is 0 Å². The largest absolute Gasteiger partial charge is 0.497 e. The lowest BCUT2D eigenvalue weighted by molar-refractivity contribution is -0.146. The van der Waals surface area contributed by atoms with Crippen molar-refractivity contribution < 1.29 is 23.8 Å². The quantitative estimate of drug-likeness (QED) is 0.698. The van der Waals surface area contributed by atoms with E-state index in [-0.39, 0.29) is 23.8 Å². The molecule has 0 radical (unpaired) electrons. The zero-order valence-electron chi connectivity index (χ0n) is 18.0. The number of ether oxygens (including phenoxy) is 3. The average molecular weight is 399 g/mol. The van der Waals surface area contributed by atoms with Crippen molar-refractivity contribution in [2.45, 2.75) is 46.5 Å². The van der Waals surface area contributed by atoms with Crippen molar-refractivity contribution in [1.82, 2.24) is 0 Å². The van der Waals surface area contributed by atoms with Crippen LogP contribution in [-0.4, -0.2) is 38.3 Å². The van der Waals surface area contributed by atoms with Crippen molar-refractivity contribution in [2.75, 3.05) is 20.8 Å². The molecule has 1 heterocycles. The molecular formula is C23H29NO5. The number of aliphatic imine (C=N–C) groups is 1. The molecule has 0 aromatic heterocycles. The molecule has 1 aliphatic carbocycles. The van der Waals surface area contributed by atoms with Crippen LogP contribution in [0.4, 0.5) is 0 Å². The van der Waals surface area contributed by atoms with Gasteiger partial charge in [-0.3, -0.25) is 14.6 Å². The lowest BCUT2D eigenvalue weighted by Crippen LogP contribution is -2.39. The number of ketones is 1. The molecule has 0 saturated carbocycles. The van der Waals surface area contributed by atoms with E-state index in [0.29, 0.717) is 35.6 Å². The Hall–Kier alpha value is -2.63. The van der Waals surface area contributed by atoms with Crippen molar-refractivity contribution >= 4 is 17.5 Å². The summed E-state index contributed by atoms with van der Waals surface area (Å²) in [7, 11) is 3.15. The van der Waals surface area contributed by atoms with E-state index in [9.17, 15) is 9.59 Å². The summed E-state index contributed by atoms with van der Waals surface area (Å²) in [6.07, 6.45) is 1.12.